The van der Waals surface area contributed by atoms with E-state index in [4.69, 9.17) is 0 Å². The fourth-order valence-electron chi connectivity index (χ4n) is 2.12. The predicted octanol–water partition coefficient (Wildman–Crippen LogP) is 3.28. The van der Waals surface area contributed by atoms with Gasteiger partial charge in [0.25, 0.3) is 0 Å². The molecule has 0 bridgehead atoms. The van der Waals surface area contributed by atoms with Crippen molar-refractivity contribution in [3.8, 4) is 0 Å². The lowest BCUT2D eigenvalue weighted by atomic mass is 10.1. The van der Waals surface area contributed by atoms with Gasteiger partial charge in [0.15, 0.2) is 0 Å². The van der Waals surface area contributed by atoms with E-state index < -0.39 is 11.8 Å². The molecule has 1 N–H and O–H groups in total. The molecule has 0 atom stereocenters. The van der Waals surface area contributed by atoms with Crippen LogP contribution in [0.5, 0.6) is 0 Å². The Hall–Kier alpha value is -1.84. The topological polar surface area (TPSA) is 49.4 Å². The molecule has 1 aromatic carbocycles. The molecular formula is C17H26N2O2. The molecule has 2 amide bonds. The zero-order valence-corrected chi connectivity index (χ0v) is 13.5. The van der Waals surface area contributed by atoms with Crippen LogP contribution in [-0.2, 0) is 9.59 Å². The number of nitrogens with one attached hydrogen (secondary N) is 1. The minimum absolute atomic E-state index is 0.439. The van der Waals surface area contributed by atoms with Crippen molar-refractivity contribution in [1.29, 1.82) is 0 Å². The smallest absolute Gasteiger partial charge is 0.313 e. The van der Waals surface area contributed by atoms with Gasteiger partial charge in [0.2, 0.25) is 0 Å². The average Bonchev–Trinajstić information content (AvgIpc) is 2.46. The maximum atomic E-state index is 12.3. The average molecular weight is 290 g/mol. The number of hydrogen-bond donors (Lipinski definition) is 1. The van der Waals surface area contributed by atoms with Gasteiger partial charge in [-0.05, 0) is 43.9 Å². The number of carbonyl (C=O) groups is 2. The molecule has 21 heavy (non-hydrogen) atoms. The Morgan fingerprint density at radius 2 is 1.81 bits per heavy atom. The monoisotopic (exact) mass is 290 g/mol. The van der Waals surface area contributed by atoms with Gasteiger partial charge in [-0.3, -0.25) is 9.59 Å². The van der Waals surface area contributed by atoms with Crippen LogP contribution in [0.4, 0.5) is 5.69 Å². The van der Waals surface area contributed by atoms with Gasteiger partial charge in [-0.1, -0.05) is 32.4 Å². The van der Waals surface area contributed by atoms with E-state index in [-0.39, 0.29) is 0 Å². The van der Waals surface area contributed by atoms with Crippen LogP contribution in [0.1, 0.15) is 44.2 Å². The van der Waals surface area contributed by atoms with E-state index in [0.29, 0.717) is 18.8 Å². The van der Waals surface area contributed by atoms with E-state index >= 15 is 0 Å². The number of unbranched alkanes of at least 4 members (excludes halogenated alkanes) is 1. The van der Waals surface area contributed by atoms with Crippen molar-refractivity contribution in [1.82, 2.24) is 4.90 Å². The van der Waals surface area contributed by atoms with E-state index in [9.17, 15) is 9.59 Å². The van der Waals surface area contributed by atoms with Crippen molar-refractivity contribution in [3.63, 3.8) is 0 Å². The molecule has 0 saturated heterocycles. The number of amides is 2. The number of aryl methyl sites for hydroxylation is 2. The molecule has 0 saturated carbocycles. The lowest BCUT2D eigenvalue weighted by Gasteiger charge is -2.21. The van der Waals surface area contributed by atoms with Gasteiger partial charge >= 0.3 is 11.8 Å². The minimum Gasteiger partial charge on any atom is -0.334 e. The summed E-state index contributed by atoms with van der Waals surface area (Å²) in [7, 11) is 0. The number of rotatable bonds is 6. The van der Waals surface area contributed by atoms with Crippen LogP contribution in [0, 0.1) is 13.8 Å². The molecule has 116 valence electrons. The van der Waals surface area contributed by atoms with E-state index in [1.807, 2.05) is 39.0 Å². The highest BCUT2D eigenvalue weighted by Gasteiger charge is 2.21. The zero-order valence-electron chi connectivity index (χ0n) is 13.5. The summed E-state index contributed by atoms with van der Waals surface area (Å²) in [6.45, 7) is 9.23. The van der Waals surface area contributed by atoms with Crippen LogP contribution in [0.15, 0.2) is 18.2 Å². The van der Waals surface area contributed by atoms with Crippen LogP contribution in [0.3, 0.4) is 0 Å². The Bertz CT molecular complexity index is 498. The van der Waals surface area contributed by atoms with Crippen LogP contribution in [0.2, 0.25) is 0 Å². The molecule has 0 fully saturated rings. The Morgan fingerprint density at radius 3 is 2.43 bits per heavy atom. The molecule has 4 heteroatoms. The van der Waals surface area contributed by atoms with Gasteiger partial charge in [0, 0.05) is 18.8 Å². The molecular weight excluding hydrogens is 264 g/mol. The summed E-state index contributed by atoms with van der Waals surface area (Å²) >= 11 is 0. The molecule has 1 rings (SSSR count). The van der Waals surface area contributed by atoms with Gasteiger partial charge in [0.05, 0.1) is 0 Å². The van der Waals surface area contributed by atoms with Crippen molar-refractivity contribution in [2.75, 3.05) is 18.4 Å². The van der Waals surface area contributed by atoms with Crippen LogP contribution in [-0.4, -0.2) is 29.8 Å². The summed E-state index contributed by atoms with van der Waals surface area (Å²) in [5.74, 6) is -0.987. The highest BCUT2D eigenvalue weighted by atomic mass is 16.2. The SMILES string of the molecule is CCCCN(CCC)C(=O)C(=O)Nc1cc(C)ccc1C. The van der Waals surface area contributed by atoms with E-state index in [1.54, 1.807) is 4.90 Å². The predicted molar refractivity (Wildman–Crippen MR) is 86.3 cm³/mol. The van der Waals surface area contributed by atoms with Crippen molar-refractivity contribution in [2.45, 2.75) is 47.0 Å². The van der Waals surface area contributed by atoms with Gasteiger partial charge < -0.3 is 10.2 Å². The van der Waals surface area contributed by atoms with Gasteiger partial charge in [-0.2, -0.15) is 0 Å². The first kappa shape index (κ1) is 17.2. The van der Waals surface area contributed by atoms with Crippen molar-refractivity contribution in [3.05, 3.63) is 29.3 Å². The quantitative estimate of drug-likeness (QED) is 0.817. The van der Waals surface area contributed by atoms with Crippen LogP contribution in [0.25, 0.3) is 0 Å². The maximum absolute atomic E-state index is 12.3. The maximum Gasteiger partial charge on any atom is 0.313 e. The first-order chi connectivity index (χ1) is 9.99. The number of hydrogen-bond acceptors (Lipinski definition) is 2. The van der Waals surface area contributed by atoms with Crippen molar-refractivity contribution < 1.29 is 9.59 Å². The Kier molecular flexibility index (Phi) is 6.92. The number of benzene rings is 1. The third kappa shape index (κ3) is 5.21. The zero-order chi connectivity index (χ0) is 15.8. The highest BCUT2D eigenvalue weighted by molar-refractivity contribution is 6.39. The Labute approximate surface area is 127 Å². The van der Waals surface area contributed by atoms with E-state index in [0.717, 1.165) is 30.4 Å². The summed E-state index contributed by atoms with van der Waals surface area (Å²) in [5.41, 5.74) is 2.72. The van der Waals surface area contributed by atoms with E-state index in [1.165, 1.54) is 0 Å². The normalized spacial score (nSPS) is 10.3. The van der Waals surface area contributed by atoms with Gasteiger partial charge in [0.1, 0.15) is 0 Å². The second-order valence-electron chi connectivity index (χ2n) is 5.42. The molecule has 1 aromatic rings. The van der Waals surface area contributed by atoms with Crippen LogP contribution < -0.4 is 5.32 Å². The largest absolute Gasteiger partial charge is 0.334 e. The Morgan fingerprint density at radius 1 is 1.10 bits per heavy atom. The fraction of sp³-hybridized carbons (Fsp3) is 0.529. The van der Waals surface area contributed by atoms with Crippen molar-refractivity contribution in [2.24, 2.45) is 0 Å². The molecule has 0 spiro atoms. The minimum atomic E-state index is -0.548. The molecule has 0 aromatic heterocycles. The van der Waals surface area contributed by atoms with Gasteiger partial charge in [-0.15, -0.1) is 0 Å². The fourth-order valence-corrected chi connectivity index (χ4v) is 2.12. The molecule has 0 aliphatic carbocycles. The van der Waals surface area contributed by atoms with Crippen molar-refractivity contribution >= 4 is 17.5 Å². The summed E-state index contributed by atoms with van der Waals surface area (Å²) in [5, 5.41) is 2.74. The second kappa shape index (κ2) is 8.45. The molecule has 0 heterocycles. The van der Waals surface area contributed by atoms with Gasteiger partial charge in [-0.25, -0.2) is 0 Å². The Balaban J connectivity index is 2.76. The standard InChI is InChI=1S/C17H26N2O2/c1-5-7-11-19(10-6-2)17(21)16(20)18-15-12-13(3)8-9-14(15)4/h8-9,12H,5-7,10-11H2,1-4H3,(H,18,20). The third-order valence-electron chi connectivity index (χ3n) is 3.40. The second-order valence-corrected chi connectivity index (χ2v) is 5.42. The summed E-state index contributed by atoms with van der Waals surface area (Å²) < 4.78 is 0. The first-order valence-electron chi connectivity index (χ1n) is 7.67. The summed E-state index contributed by atoms with van der Waals surface area (Å²) in [4.78, 5) is 26.0. The number of anilines is 1. The molecule has 0 aliphatic heterocycles. The molecule has 0 radical (unpaired) electrons. The van der Waals surface area contributed by atoms with Crippen LogP contribution >= 0.6 is 0 Å². The molecule has 0 aliphatic rings. The summed E-state index contributed by atoms with van der Waals surface area (Å²) in [6.07, 6.45) is 2.78. The third-order valence-corrected chi connectivity index (χ3v) is 3.40. The van der Waals surface area contributed by atoms with E-state index in [2.05, 4.69) is 12.2 Å². The lowest BCUT2D eigenvalue weighted by molar-refractivity contribution is -0.143. The number of nitrogens with zero attached hydrogens (tertiary/aromatic N) is 1. The highest BCUT2D eigenvalue weighted by Crippen LogP contribution is 2.16. The number of carbonyl (C=O) groups excluding carboxylic acids is 2. The first-order valence-corrected chi connectivity index (χ1v) is 7.67. The summed E-state index contributed by atoms with van der Waals surface area (Å²) in [6, 6.07) is 5.81. The lowest BCUT2D eigenvalue weighted by Crippen LogP contribution is -2.40. The molecule has 4 nitrogen and oxygen atoms in total. The molecule has 0 unspecified atom stereocenters.